The molecule has 0 amide bonds. The number of hydrogen-bond acceptors (Lipinski definition) is 2. The summed E-state index contributed by atoms with van der Waals surface area (Å²) in [7, 11) is 0. The van der Waals surface area contributed by atoms with E-state index in [1.54, 1.807) is 12.1 Å². The predicted molar refractivity (Wildman–Crippen MR) is 77.4 cm³/mol. The first kappa shape index (κ1) is 15.2. The third-order valence-electron chi connectivity index (χ3n) is 2.90. The van der Waals surface area contributed by atoms with Gasteiger partial charge in [-0.3, -0.25) is 4.79 Å². The summed E-state index contributed by atoms with van der Waals surface area (Å²) in [6.45, 7) is 9.33. The molecule has 1 aromatic rings. The van der Waals surface area contributed by atoms with E-state index in [0.29, 0.717) is 22.9 Å². The number of ketones is 1. The second-order valence-corrected chi connectivity index (χ2v) is 5.35. The summed E-state index contributed by atoms with van der Waals surface area (Å²) in [5, 5.41) is 0.550. The zero-order valence-corrected chi connectivity index (χ0v) is 12.2. The minimum absolute atomic E-state index is 0.128. The van der Waals surface area contributed by atoms with Gasteiger partial charge in [0.05, 0.1) is 5.02 Å². The molecule has 0 unspecified atom stereocenters. The van der Waals surface area contributed by atoms with Crippen LogP contribution in [0.25, 0.3) is 0 Å². The Morgan fingerprint density at radius 3 is 2.56 bits per heavy atom. The Labute approximate surface area is 115 Å². The minimum Gasteiger partial charge on any atom is -0.303 e. The molecule has 0 spiro atoms. The Balaban J connectivity index is 2.53. The molecule has 0 atom stereocenters. The lowest BCUT2D eigenvalue weighted by Crippen LogP contribution is -2.29. The van der Waals surface area contributed by atoms with Crippen molar-refractivity contribution in [1.82, 2.24) is 4.90 Å². The van der Waals surface area contributed by atoms with Crippen molar-refractivity contribution < 1.29 is 4.79 Å². The maximum Gasteiger partial charge on any atom is 0.165 e. The molecule has 100 valence electrons. The Kier molecular flexibility index (Phi) is 6.37. The van der Waals surface area contributed by atoms with Gasteiger partial charge in [-0.05, 0) is 24.6 Å². The zero-order valence-electron chi connectivity index (χ0n) is 11.4. The maximum absolute atomic E-state index is 12.1. The molecule has 0 aliphatic rings. The van der Waals surface area contributed by atoms with Crippen LogP contribution in [0.3, 0.4) is 0 Å². The van der Waals surface area contributed by atoms with E-state index in [1.807, 2.05) is 12.1 Å². The van der Waals surface area contributed by atoms with Crippen molar-refractivity contribution >= 4 is 17.4 Å². The first-order valence-electron chi connectivity index (χ1n) is 6.54. The van der Waals surface area contributed by atoms with Gasteiger partial charge in [0.15, 0.2) is 5.78 Å². The van der Waals surface area contributed by atoms with E-state index in [9.17, 15) is 4.79 Å². The SMILES string of the molecule is CCN(CCC(=O)c1ccccc1Cl)CC(C)C. The lowest BCUT2D eigenvalue weighted by molar-refractivity contribution is 0.0962. The van der Waals surface area contributed by atoms with Crippen molar-refractivity contribution in [2.24, 2.45) is 5.92 Å². The first-order valence-corrected chi connectivity index (χ1v) is 6.92. The number of nitrogens with zero attached hydrogens (tertiary/aromatic N) is 1. The highest BCUT2D eigenvalue weighted by Gasteiger charge is 2.12. The smallest absolute Gasteiger partial charge is 0.165 e. The van der Waals surface area contributed by atoms with Gasteiger partial charge in [-0.1, -0.05) is 44.5 Å². The van der Waals surface area contributed by atoms with Crippen LogP contribution in [0.1, 0.15) is 37.6 Å². The summed E-state index contributed by atoms with van der Waals surface area (Å²) in [5.41, 5.74) is 0.639. The molecule has 1 rings (SSSR count). The second kappa shape index (κ2) is 7.55. The van der Waals surface area contributed by atoms with Crippen LogP contribution in [0.2, 0.25) is 5.02 Å². The molecule has 1 aromatic carbocycles. The molecule has 0 radical (unpaired) electrons. The minimum atomic E-state index is 0.128. The van der Waals surface area contributed by atoms with Crippen LogP contribution in [0.5, 0.6) is 0 Å². The third kappa shape index (κ3) is 4.79. The highest BCUT2D eigenvalue weighted by Crippen LogP contribution is 2.16. The van der Waals surface area contributed by atoms with Crippen molar-refractivity contribution in [1.29, 1.82) is 0 Å². The van der Waals surface area contributed by atoms with Gasteiger partial charge < -0.3 is 4.90 Å². The monoisotopic (exact) mass is 267 g/mol. The Bertz CT molecular complexity index is 390. The molecule has 0 aliphatic heterocycles. The van der Waals surface area contributed by atoms with Gasteiger partial charge in [0.2, 0.25) is 0 Å². The van der Waals surface area contributed by atoms with Gasteiger partial charge in [0.25, 0.3) is 0 Å². The normalized spacial score (nSPS) is 11.2. The number of halogens is 1. The lowest BCUT2D eigenvalue weighted by Gasteiger charge is -2.22. The second-order valence-electron chi connectivity index (χ2n) is 4.94. The number of rotatable bonds is 7. The molecule has 3 heteroatoms. The molecule has 0 fully saturated rings. The van der Waals surface area contributed by atoms with Gasteiger partial charge in [-0.15, -0.1) is 0 Å². The van der Waals surface area contributed by atoms with E-state index in [0.717, 1.165) is 19.6 Å². The molecule has 0 aliphatic carbocycles. The molecule has 2 nitrogen and oxygen atoms in total. The van der Waals surface area contributed by atoms with Crippen LogP contribution in [-0.4, -0.2) is 30.3 Å². The highest BCUT2D eigenvalue weighted by atomic mass is 35.5. The molecule has 0 heterocycles. The van der Waals surface area contributed by atoms with Gasteiger partial charge in [-0.2, -0.15) is 0 Å². The van der Waals surface area contributed by atoms with Gasteiger partial charge >= 0.3 is 0 Å². The summed E-state index contributed by atoms with van der Waals surface area (Å²) in [6.07, 6.45) is 0.532. The van der Waals surface area contributed by atoms with Gasteiger partial charge in [-0.25, -0.2) is 0 Å². The van der Waals surface area contributed by atoms with Crippen LogP contribution in [-0.2, 0) is 0 Å². The average Bonchev–Trinajstić information content (AvgIpc) is 2.34. The fourth-order valence-corrected chi connectivity index (χ4v) is 2.22. The van der Waals surface area contributed by atoms with Crippen molar-refractivity contribution in [3.05, 3.63) is 34.9 Å². The van der Waals surface area contributed by atoms with Crippen LogP contribution in [0.15, 0.2) is 24.3 Å². The van der Waals surface area contributed by atoms with Gasteiger partial charge in [0.1, 0.15) is 0 Å². The Hall–Kier alpha value is -0.860. The average molecular weight is 268 g/mol. The van der Waals surface area contributed by atoms with Crippen LogP contribution in [0.4, 0.5) is 0 Å². The fraction of sp³-hybridized carbons (Fsp3) is 0.533. The van der Waals surface area contributed by atoms with E-state index in [2.05, 4.69) is 25.7 Å². The largest absolute Gasteiger partial charge is 0.303 e. The molecule has 18 heavy (non-hydrogen) atoms. The molecule has 0 N–H and O–H groups in total. The summed E-state index contributed by atoms with van der Waals surface area (Å²) in [6, 6.07) is 7.25. The van der Waals surface area contributed by atoms with Gasteiger partial charge in [0, 0.05) is 25.1 Å². The van der Waals surface area contributed by atoms with E-state index in [4.69, 9.17) is 11.6 Å². The fourth-order valence-electron chi connectivity index (χ4n) is 1.98. The molecule has 0 aromatic heterocycles. The highest BCUT2D eigenvalue weighted by molar-refractivity contribution is 6.33. The van der Waals surface area contributed by atoms with Crippen molar-refractivity contribution in [2.75, 3.05) is 19.6 Å². The lowest BCUT2D eigenvalue weighted by atomic mass is 10.1. The predicted octanol–water partition coefficient (Wildman–Crippen LogP) is 3.89. The van der Waals surface area contributed by atoms with Crippen LogP contribution < -0.4 is 0 Å². The zero-order chi connectivity index (χ0) is 13.5. The van der Waals surface area contributed by atoms with E-state index < -0.39 is 0 Å². The van der Waals surface area contributed by atoms with E-state index in [1.165, 1.54) is 0 Å². The summed E-state index contributed by atoms with van der Waals surface area (Å²) in [5.74, 6) is 0.753. The quantitative estimate of drug-likeness (QED) is 0.699. The standard InChI is InChI=1S/C15H22ClNO/c1-4-17(11-12(2)3)10-9-15(18)13-7-5-6-8-14(13)16/h5-8,12H,4,9-11H2,1-3H3. The third-order valence-corrected chi connectivity index (χ3v) is 3.23. The Morgan fingerprint density at radius 2 is 2.00 bits per heavy atom. The van der Waals surface area contributed by atoms with E-state index >= 15 is 0 Å². The molecule has 0 saturated heterocycles. The first-order chi connectivity index (χ1) is 8.54. The number of carbonyl (C=O) groups excluding carboxylic acids is 1. The number of carbonyl (C=O) groups is 1. The number of hydrogen-bond donors (Lipinski definition) is 0. The van der Waals surface area contributed by atoms with Crippen molar-refractivity contribution in [3.63, 3.8) is 0 Å². The van der Waals surface area contributed by atoms with Crippen LogP contribution >= 0.6 is 11.6 Å². The summed E-state index contributed by atoms with van der Waals surface area (Å²) >= 11 is 6.02. The Morgan fingerprint density at radius 1 is 1.33 bits per heavy atom. The topological polar surface area (TPSA) is 20.3 Å². The van der Waals surface area contributed by atoms with Crippen LogP contribution in [0, 0.1) is 5.92 Å². The molecular weight excluding hydrogens is 246 g/mol. The van der Waals surface area contributed by atoms with E-state index in [-0.39, 0.29) is 5.78 Å². The number of Topliss-reactive ketones (excluding diaryl/α,β-unsaturated/α-hetero) is 1. The molecule has 0 saturated carbocycles. The molecule has 0 bridgehead atoms. The van der Waals surface area contributed by atoms with Crippen molar-refractivity contribution in [3.8, 4) is 0 Å². The van der Waals surface area contributed by atoms with Crippen molar-refractivity contribution in [2.45, 2.75) is 27.2 Å². The molecular formula is C15H22ClNO. The number of benzene rings is 1. The summed E-state index contributed by atoms with van der Waals surface area (Å²) < 4.78 is 0. The summed E-state index contributed by atoms with van der Waals surface area (Å²) in [4.78, 5) is 14.4. The maximum atomic E-state index is 12.1.